The molecule has 1 saturated heterocycles. The molecule has 0 radical (unpaired) electrons. The average molecular weight is 383 g/mol. The molecule has 1 aromatic heterocycles. The number of amides is 1. The van der Waals surface area contributed by atoms with Gasteiger partial charge in [-0.15, -0.1) is 0 Å². The van der Waals surface area contributed by atoms with E-state index in [1.54, 1.807) is 19.5 Å². The molecular weight excluding hydrogens is 352 g/mol. The van der Waals surface area contributed by atoms with Gasteiger partial charge in [-0.2, -0.15) is 0 Å². The third-order valence-corrected chi connectivity index (χ3v) is 5.35. The summed E-state index contributed by atoms with van der Waals surface area (Å²) < 4.78 is 5.48. The van der Waals surface area contributed by atoms with Gasteiger partial charge in [0.1, 0.15) is 5.75 Å². The van der Waals surface area contributed by atoms with Gasteiger partial charge in [0.05, 0.1) is 12.8 Å². The molecule has 1 aromatic carbocycles. The summed E-state index contributed by atoms with van der Waals surface area (Å²) in [6.07, 6.45) is 5.02. The fraction of sp³-hybridized carbons (Fsp3) is 0.455. The highest BCUT2D eigenvalue weighted by molar-refractivity contribution is 5.76. The Kier molecular flexibility index (Phi) is 7.25. The van der Waals surface area contributed by atoms with Gasteiger partial charge in [-0.05, 0) is 36.2 Å². The van der Waals surface area contributed by atoms with Crippen molar-refractivity contribution in [3.8, 4) is 5.75 Å². The molecule has 1 aliphatic rings. The number of hydrogen-bond donors (Lipinski definition) is 0. The standard InChI is InChI=1S/C22H30N4O2/c1-24(13-9-19-7-11-23-12-8-19)22(27)10-14-25-15-17-26(18-16-25)20-5-3-4-6-21(20)28-2/h3-8,11-12H,9-10,13-18H2,1-2H3. The minimum absolute atomic E-state index is 0.209. The molecule has 0 spiro atoms. The zero-order chi connectivity index (χ0) is 19.8. The first-order chi connectivity index (χ1) is 13.7. The van der Waals surface area contributed by atoms with Gasteiger partial charge in [0, 0.05) is 65.1 Å². The predicted octanol–water partition coefficient (Wildman–Crippen LogP) is 2.30. The summed E-state index contributed by atoms with van der Waals surface area (Å²) >= 11 is 0. The van der Waals surface area contributed by atoms with Gasteiger partial charge in [0.25, 0.3) is 0 Å². The number of piperazine rings is 1. The molecule has 0 saturated carbocycles. The molecule has 2 aromatic rings. The molecule has 2 heterocycles. The summed E-state index contributed by atoms with van der Waals surface area (Å²) in [5.74, 6) is 1.13. The number of pyridine rings is 1. The maximum absolute atomic E-state index is 12.4. The van der Waals surface area contributed by atoms with Crippen LogP contribution in [-0.4, -0.2) is 74.1 Å². The number of carbonyl (C=O) groups is 1. The van der Waals surface area contributed by atoms with E-state index in [2.05, 4.69) is 20.9 Å². The van der Waals surface area contributed by atoms with E-state index >= 15 is 0 Å². The SMILES string of the molecule is COc1ccccc1N1CCN(CCC(=O)N(C)CCc2ccncc2)CC1. The Morgan fingerprint density at radius 2 is 1.82 bits per heavy atom. The van der Waals surface area contributed by atoms with Crippen LogP contribution in [0.25, 0.3) is 0 Å². The Morgan fingerprint density at radius 3 is 2.54 bits per heavy atom. The van der Waals surface area contributed by atoms with E-state index in [1.807, 2.05) is 42.3 Å². The number of para-hydroxylation sites is 2. The van der Waals surface area contributed by atoms with E-state index in [9.17, 15) is 4.79 Å². The van der Waals surface area contributed by atoms with Crippen LogP contribution in [0.5, 0.6) is 5.75 Å². The van der Waals surface area contributed by atoms with Crippen molar-refractivity contribution < 1.29 is 9.53 Å². The molecule has 3 rings (SSSR count). The van der Waals surface area contributed by atoms with Crippen LogP contribution in [0.15, 0.2) is 48.8 Å². The van der Waals surface area contributed by atoms with Crippen molar-refractivity contribution in [2.24, 2.45) is 0 Å². The highest BCUT2D eigenvalue weighted by atomic mass is 16.5. The molecule has 0 unspecified atom stereocenters. The van der Waals surface area contributed by atoms with Crippen molar-refractivity contribution in [3.05, 3.63) is 54.4 Å². The normalized spacial score (nSPS) is 14.7. The van der Waals surface area contributed by atoms with Gasteiger partial charge >= 0.3 is 0 Å². The van der Waals surface area contributed by atoms with Crippen LogP contribution in [0.3, 0.4) is 0 Å². The van der Waals surface area contributed by atoms with Crippen molar-refractivity contribution >= 4 is 11.6 Å². The van der Waals surface area contributed by atoms with Crippen molar-refractivity contribution in [3.63, 3.8) is 0 Å². The summed E-state index contributed by atoms with van der Waals surface area (Å²) in [6, 6.07) is 12.1. The number of aromatic nitrogens is 1. The van der Waals surface area contributed by atoms with Crippen LogP contribution in [-0.2, 0) is 11.2 Å². The van der Waals surface area contributed by atoms with Crippen molar-refractivity contribution in [2.75, 3.05) is 58.3 Å². The van der Waals surface area contributed by atoms with E-state index in [0.29, 0.717) is 6.42 Å². The largest absolute Gasteiger partial charge is 0.495 e. The number of carbonyl (C=O) groups excluding carboxylic acids is 1. The van der Waals surface area contributed by atoms with Gasteiger partial charge in [-0.25, -0.2) is 0 Å². The van der Waals surface area contributed by atoms with Crippen molar-refractivity contribution in [1.82, 2.24) is 14.8 Å². The molecule has 6 heteroatoms. The third kappa shape index (κ3) is 5.45. The number of likely N-dealkylation sites (N-methyl/N-ethyl adjacent to an activating group) is 1. The monoisotopic (exact) mass is 382 g/mol. The summed E-state index contributed by atoms with van der Waals surface area (Å²) in [4.78, 5) is 23.0. The molecule has 0 N–H and O–H groups in total. The summed E-state index contributed by atoms with van der Waals surface area (Å²) in [5, 5.41) is 0. The lowest BCUT2D eigenvalue weighted by atomic mass is 10.2. The highest BCUT2D eigenvalue weighted by Crippen LogP contribution is 2.28. The molecule has 1 aliphatic heterocycles. The topological polar surface area (TPSA) is 48.9 Å². The van der Waals surface area contributed by atoms with E-state index < -0.39 is 0 Å². The molecule has 150 valence electrons. The van der Waals surface area contributed by atoms with Crippen LogP contribution in [0.4, 0.5) is 5.69 Å². The predicted molar refractivity (Wildman–Crippen MR) is 112 cm³/mol. The van der Waals surface area contributed by atoms with Crippen molar-refractivity contribution in [2.45, 2.75) is 12.8 Å². The molecule has 0 bridgehead atoms. The molecule has 28 heavy (non-hydrogen) atoms. The smallest absolute Gasteiger partial charge is 0.223 e. The minimum atomic E-state index is 0.209. The maximum Gasteiger partial charge on any atom is 0.223 e. The lowest BCUT2D eigenvalue weighted by molar-refractivity contribution is -0.130. The van der Waals surface area contributed by atoms with Crippen LogP contribution in [0, 0.1) is 0 Å². The van der Waals surface area contributed by atoms with Crippen LogP contribution >= 0.6 is 0 Å². The number of anilines is 1. The Bertz CT molecular complexity index is 745. The second-order valence-electron chi connectivity index (χ2n) is 7.17. The summed E-state index contributed by atoms with van der Waals surface area (Å²) in [6.45, 7) is 5.39. The van der Waals surface area contributed by atoms with E-state index in [-0.39, 0.29) is 5.91 Å². The highest BCUT2D eigenvalue weighted by Gasteiger charge is 2.20. The van der Waals surface area contributed by atoms with Gasteiger partial charge in [0.15, 0.2) is 0 Å². The number of benzene rings is 1. The first-order valence-corrected chi connectivity index (χ1v) is 9.90. The maximum atomic E-state index is 12.4. The van der Waals surface area contributed by atoms with Gasteiger partial charge in [0.2, 0.25) is 5.91 Å². The lowest BCUT2D eigenvalue weighted by Crippen LogP contribution is -2.47. The Labute approximate surface area is 167 Å². The van der Waals surface area contributed by atoms with E-state index in [1.165, 1.54) is 5.56 Å². The second kappa shape index (κ2) is 10.1. The van der Waals surface area contributed by atoms with Crippen LogP contribution in [0.2, 0.25) is 0 Å². The third-order valence-electron chi connectivity index (χ3n) is 5.35. The van der Waals surface area contributed by atoms with E-state index in [0.717, 1.165) is 57.1 Å². The first kappa shape index (κ1) is 20.1. The zero-order valence-corrected chi connectivity index (χ0v) is 16.9. The van der Waals surface area contributed by atoms with Crippen LogP contribution < -0.4 is 9.64 Å². The summed E-state index contributed by atoms with van der Waals surface area (Å²) in [7, 11) is 3.61. The average Bonchev–Trinajstić information content (AvgIpc) is 2.76. The fourth-order valence-corrected chi connectivity index (χ4v) is 3.52. The number of nitrogens with zero attached hydrogens (tertiary/aromatic N) is 4. The number of methoxy groups -OCH3 is 1. The Morgan fingerprint density at radius 1 is 1.11 bits per heavy atom. The molecule has 0 aliphatic carbocycles. The molecule has 6 nitrogen and oxygen atoms in total. The van der Waals surface area contributed by atoms with E-state index in [4.69, 9.17) is 4.74 Å². The number of hydrogen-bond acceptors (Lipinski definition) is 5. The molecule has 1 fully saturated rings. The van der Waals surface area contributed by atoms with Gasteiger partial charge < -0.3 is 14.5 Å². The fourth-order valence-electron chi connectivity index (χ4n) is 3.52. The molecular formula is C22H30N4O2. The van der Waals surface area contributed by atoms with Gasteiger partial charge in [-0.1, -0.05) is 12.1 Å². The first-order valence-electron chi connectivity index (χ1n) is 9.90. The number of ether oxygens (including phenoxy) is 1. The minimum Gasteiger partial charge on any atom is -0.495 e. The van der Waals surface area contributed by atoms with Gasteiger partial charge in [-0.3, -0.25) is 14.7 Å². The van der Waals surface area contributed by atoms with Crippen LogP contribution in [0.1, 0.15) is 12.0 Å². The number of rotatable bonds is 8. The molecule has 0 atom stereocenters. The Hall–Kier alpha value is -2.60. The zero-order valence-electron chi connectivity index (χ0n) is 16.9. The quantitative estimate of drug-likeness (QED) is 0.701. The lowest BCUT2D eigenvalue weighted by Gasteiger charge is -2.36. The Balaban J connectivity index is 1.39. The second-order valence-corrected chi connectivity index (χ2v) is 7.17. The summed E-state index contributed by atoms with van der Waals surface area (Å²) in [5.41, 5.74) is 2.36. The molecule has 1 amide bonds. The van der Waals surface area contributed by atoms with Crippen molar-refractivity contribution in [1.29, 1.82) is 0 Å².